The Balaban J connectivity index is 1.28. The van der Waals surface area contributed by atoms with Gasteiger partial charge < -0.3 is 4.57 Å². The monoisotopic (exact) mass is 502 g/mol. The minimum atomic E-state index is -0.401. The summed E-state index contributed by atoms with van der Waals surface area (Å²) in [6, 6.07) is 30.6. The van der Waals surface area contributed by atoms with Crippen molar-refractivity contribution in [3.63, 3.8) is 0 Å². The van der Waals surface area contributed by atoms with E-state index in [0.717, 1.165) is 50.1 Å². The molecular formula is C31H26N4O3. The molecule has 1 heterocycles. The van der Waals surface area contributed by atoms with E-state index in [9.17, 15) is 14.9 Å². The molecule has 5 rings (SSSR count). The molecule has 188 valence electrons. The lowest BCUT2D eigenvalue weighted by atomic mass is 10.0. The predicted molar refractivity (Wildman–Crippen MR) is 151 cm³/mol. The highest BCUT2D eigenvalue weighted by molar-refractivity contribution is 5.91. The Hall–Kier alpha value is -5.04. The average molecular weight is 503 g/mol. The quantitative estimate of drug-likeness (QED) is 0.156. The molecule has 5 aromatic rings. The summed E-state index contributed by atoms with van der Waals surface area (Å²) >= 11 is 0. The summed E-state index contributed by atoms with van der Waals surface area (Å²) in [4.78, 5) is 23.1. The third kappa shape index (κ3) is 5.08. The molecular weight excluding hydrogens is 476 g/mol. The van der Waals surface area contributed by atoms with Crippen molar-refractivity contribution in [2.24, 2.45) is 5.10 Å². The Labute approximate surface area is 220 Å². The molecule has 7 nitrogen and oxygen atoms in total. The number of nitro groups is 1. The number of hydrazone groups is 1. The topological polar surface area (TPSA) is 89.5 Å². The third-order valence-electron chi connectivity index (χ3n) is 6.63. The van der Waals surface area contributed by atoms with E-state index in [0.29, 0.717) is 0 Å². The number of nitrogens with zero attached hydrogens (tertiary/aromatic N) is 3. The lowest BCUT2D eigenvalue weighted by molar-refractivity contribution is -0.384. The van der Waals surface area contributed by atoms with Crippen molar-refractivity contribution in [3.05, 3.63) is 130 Å². The zero-order valence-corrected chi connectivity index (χ0v) is 21.1. The maximum atomic E-state index is 12.6. The Bertz CT molecular complexity index is 1660. The van der Waals surface area contributed by atoms with Crippen LogP contribution in [0.2, 0.25) is 0 Å². The van der Waals surface area contributed by atoms with E-state index >= 15 is 0 Å². The van der Waals surface area contributed by atoms with Gasteiger partial charge in [-0.15, -0.1) is 0 Å². The van der Waals surface area contributed by atoms with Gasteiger partial charge in [0, 0.05) is 34.8 Å². The summed E-state index contributed by atoms with van der Waals surface area (Å²) in [6.07, 6.45) is 1.92. The number of aryl methyl sites for hydroxylation is 1. The highest BCUT2D eigenvalue weighted by Gasteiger charge is 2.11. The van der Waals surface area contributed by atoms with E-state index in [4.69, 9.17) is 0 Å². The van der Waals surface area contributed by atoms with Crippen LogP contribution in [0, 0.1) is 24.0 Å². The van der Waals surface area contributed by atoms with Crippen molar-refractivity contribution in [2.45, 2.75) is 20.3 Å². The summed E-state index contributed by atoms with van der Waals surface area (Å²) in [5.41, 5.74) is 9.51. The molecule has 0 aliphatic heterocycles. The van der Waals surface area contributed by atoms with Crippen LogP contribution in [0.4, 0.5) is 5.69 Å². The smallest absolute Gasteiger partial charge is 0.269 e. The number of carbonyl (C=O) groups excluding carboxylic acids is 1. The van der Waals surface area contributed by atoms with Gasteiger partial charge in [-0.25, -0.2) is 5.43 Å². The number of carbonyl (C=O) groups is 1. The fourth-order valence-corrected chi connectivity index (χ4v) is 4.73. The highest BCUT2D eigenvalue weighted by atomic mass is 16.6. The molecule has 0 unspecified atom stereocenters. The van der Waals surface area contributed by atoms with Crippen LogP contribution in [0.15, 0.2) is 102 Å². The zero-order chi connectivity index (χ0) is 26.6. The number of nitrogens with one attached hydrogen (secondary N) is 1. The maximum Gasteiger partial charge on any atom is 0.269 e. The van der Waals surface area contributed by atoms with E-state index in [1.807, 2.05) is 86.6 Å². The first-order valence-electron chi connectivity index (χ1n) is 12.2. The number of amides is 1. The van der Waals surface area contributed by atoms with Crippen molar-refractivity contribution < 1.29 is 9.72 Å². The van der Waals surface area contributed by atoms with Crippen LogP contribution in [0.25, 0.3) is 27.6 Å². The number of hydrogen-bond donors (Lipinski definition) is 1. The van der Waals surface area contributed by atoms with Crippen LogP contribution in [0.5, 0.6) is 0 Å². The lowest BCUT2D eigenvalue weighted by Crippen LogP contribution is -2.19. The van der Waals surface area contributed by atoms with E-state index in [1.54, 1.807) is 18.3 Å². The van der Waals surface area contributed by atoms with Gasteiger partial charge in [0.25, 0.3) is 5.69 Å². The van der Waals surface area contributed by atoms with Gasteiger partial charge >= 0.3 is 0 Å². The van der Waals surface area contributed by atoms with Crippen LogP contribution in [0.1, 0.15) is 22.5 Å². The van der Waals surface area contributed by atoms with E-state index in [-0.39, 0.29) is 18.0 Å². The normalized spacial score (nSPS) is 11.2. The lowest BCUT2D eigenvalue weighted by Gasteiger charge is -2.11. The summed E-state index contributed by atoms with van der Waals surface area (Å²) in [5.74, 6) is -0.173. The van der Waals surface area contributed by atoms with Gasteiger partial charge in [-0.2, -0.15) is 5.10 Å². The first-order chi connectivity index (χ1) is 18.4. The van der Waals surface area contributed by atoms with E-state index < -0.39 is 4.92 Å². The van der Waals surface area contributed by atoms with E-state index in [2.05, 4.69) is 15.1 Å². The minimum Gasteiger partial charge on any atom is -0.318 e. The fourth-order valence-electron chi connectivity index (χ4n) is 4.73. The second-order valence-corrected chi connectivity index (χ2v) is 9.12. The molecule has 0 bridgehead atoms. The summed E-state index contributed by atoms with van der Waals surface area (Å²) in [7, 11) is 0. The van der Waals surface area contributed by atoms with Gasteiger partial charge in [0.2, 0.25) is 5.91 Å². The number of rotatable bonds is 7. The molecule has 4 aromatic carbocycles. The number of hydrogen-bond acceptors (Lipinski definition) is 4. The Morgan fingerprint density at radius 3 is 2.29 bits per heavy atom. The molecule has 7 heteroatoms. The molecule has 0 fully saturated rings. The molecule has 1 amide bonds. The second kappa shape index (κ2) is 10.5. The Morgan fingerprint density at radius 2 is 1.58 bits per heavy atom. The van der Waals surface area contributed by atoms with Crippen molar-refractivity contribution in [2.75, 3.05) is 0 Å². The van der Waals surface area contributed by atoms with Crippen molar-refractivity contribution in [1.29, 1.82) is 0 Å². The van der Waals surface area contributed by atoms with Crippen LogP contribution in [-0.4, -0.2) is 21.6 Å². The molecule has 0 spiro atoms. The molecule has 0 saturated heterocycles. The van der Waals surface area contributed by atoms with Crippen molar-refractivity contribution in [3.8, 4) is 16.8 Å². The zero-order valence-electron chi connectivity index (χ0n) is 21.1. The Kier molecular flexibility index (Phi) is 6.82. The predicted octanol–water partition coefficient (Wildman–Crippen LogP) is 6.52. The number of fused-ring (bicyclic) bond motifs is 1. The van der Waals surface area contributed by atoms with Crippen LogP contribution in [0.3, 0.4) is 0 Å². The van der Waals surface area contributed by atoms with Crippen LogP contribution >= 0.6 is 0 Å². The third-order valence-corrected chi connectivity index (χ3v) is 6.63. The SMILES string of the molecule is Cc1cc(/C=N\NC(=O)Cc2cccc3ccccc23)c(C)n1-c1ccc(-c2ccc([N+](=O)[O-])cc2)cc1. The van der Waals surface area contributed by atoms with E-state index in [1.165, 1.54) is 12.1 Å². The fraction of sp³-hybridized carbons (Fsp3) is 0.0968. The largest absolute Gasteiger partial charge is 0.318 e. The number of non-ortho nitro benzene ring substituents is 1. The molecule has 0 aliphatic rings. The maximum absolute atomic E-state index is 12.6. The van der Waals surface area contributed by atoms with Gasteiger partial charge in [0.1, 0.15) is 0 Å². The van der Waals surface area contributed by atoms with Gasteiger partial charge in [-0.05, 0) is 71.6 Å². The van der Waals surface area contributed by atoms with Crippen LogP contribution in [-0.2, 0) is 11.2 Å². The molecule has 1 N–H and O–H groups in total. The summed E-state index contributed by atoms with van der Waals surface area (Å²) in [5, 5.41) is 17.3. The minimum absolute atomic E-state index is 0.0721. The first-order valence-corrected chi connectivity index (χ1v) is 12.2. The highest BCUT2D eigenvalue weighted by Crippen LogP contribution is 2.26. The second-order valence-electron chi connectivity index (χ2n) is 9.12. The van der Waals surface area contributed by atoms with Gasteiger partial charge in [-0.3, -0.25) is 14.9 Å². The molecule has 0 aliphatic carbocycles. The van der Waals surface area contributed by atoms with Crippen LogP contribution < -0.4 is 5.43 Å². The molecule has 1 aromatic heterocycles. The summed E-state index contributed by atoms with van der Waals surface area (Å²) in [6.45, 7) is 4.03. The molecule has 0 saturated carbocycles. The number of nitro benzene ring substituents is 1. The van der Waals surface area contributed by atoms with Crippen molar-refractivity contribution >= 4 is 28.6 Å². The standard InChI is InChI=1S/C31H26N4O3/c1-21-18-27(20-32-33-31(36)19-26-8-5-7-25-6-3-4-9-30(25)26)22(2)34(21)28-14-10-23(11-15-28)24-12-16-29(17-13-24)35(37)38/h3-18,20H,19H2,1-2H3,(H,33,36)/b32-20-. The molecule has 0 radical (unpaired) electrons. The molecule has 0 atom stereocenters. The van der Waals surface area contributed by atoms with Gasteiger partial charge in [0.05, 0.1) is 17.6 Å². The molecule has 38 heavy (non-hydrogen) atoms. The number of aromatic nitrogens is 1. The average Bonchev–Trinajstić information content (AvgIpc) is 3.21. The number of benzene rings is 4. The van der Waals surface area contributed by atoms with Gasteiger partial charge in [-0.1, -0.05) is 54.6 Å². The first kappa shape index (κ1) is 24.6. The van der Waals surface area contributed by atoms with Crippen molar-refractivity contribution in [1.82, 2.24) is 9.99 Å². The van der Waals surface area contributed by atoms with Gasteiger partial charge in [0.15, 0.2) is 0 Å². The Morgan fingerprint density at radius 1 is 0.921 bits per heavy atom. The summed E-state index contributed by atoms with van der Waals surface area (Å²) < 4.78 is 2.12.